The summed E-state index contributed by atoms with van der Waals surface area (Å²) in [4.78, 5) is 19.9. The predicted octanol–water partition coefficient (Wildman–Crippen LogP) is 4.68. The van der Waals surface area contributed by atoms with Gasteiger partial charge in [-0.15, -0.1) is 11.3 Å². The van der Waals surface area contributed by atoms with Crippen molar-refractivity contribution in [3.05, 3.63) is 51.2 Å². The number of anilines is 1. The summed E-state index contributed by atoms with van der Waals surface area (Å²) in [6.07, 6.45) is 7.53. The minimum absolute atomic E-state index is 0.241. The van der Waals surface area contributed by atoms with Gasteiger partial charge in [-0.25, -0.2) is 0 Å². The van der Waals surface area contributed by atoms with Crippen LogP contribution in [-0.2, 0) is 12.8 Å². The van der Waals surface area contributed by atoms with Crippen LogP contribution in [0.3, 0.4) is 0 Å². The lowest BCUT2D eigenvalue weighted by Crippen LogP contribution is -2.48. The Labute approximate surface area is 160 Å². The summed E-state index contributed by atoms with van der Waals surface area (Å²) in [5.74, 6) is 0.241. The number of hydrogen-bond acceptors (Lipinski definition) is 3. The molecule has 0 spiro atoms. The molecule has 1 aliphatic carbocycles. The Kier molecular flexibility index (Phi) is 5.30. The molecule has 4 heteroatoms. The van der Waals surface area contributed by atoms with E-state index in [4.69, 9.17) is 0 Å². The number of hydrogen-bond donors (Lipinski definition) is 0. The van der Waals surface area contributed by atoms with Crippen LogP contribution in [0.5, 0.6) is 0 Å². The van der Waals surface area contributed by atoms with Crippen molar-refractivity contribution in [3.63, 3.8) is 0 Å². The molecule has 0 atom stereocenters. The van der Waals surface area contributed by atoms with E-state index in [0.29, 0.717) is 0 Å². The molecular formula is C22H28N2OS. The van der Waals surface area contributed by atoms with E-state index < -0.39 is 0 Å². The van der Waals surface area contributed by atoms with Crippen LogP contribution in [0, 0.1) is 6.92 Å². The Morgan fingerprint density at radius 3 is 2.50 bits per heavy atom. The number of benzene rings is 1. The lowest BCUT2D eigenvalue weighted by atomic mass is 10.00. The van der Waals surface area contributed by atoms with Gasteiger partial charge in [0.1, 0.15) is 0 Å². The molecule has 1 aliphatic heterocycles. The number of carbonyl (C=O) groups excluding carboxylic acids is 1. The lowest BCUT2D eigenvalue weighted by molar-refractivity contribution is 0.0751. The number of aryl methyl sites for hydroxylation is 3. The maximum atomic E-state index is 13.0. The molecule has 1 aromatic heterocycles. The van der Waals surface area contributed by atoms with Gasteiger partial charge < -0.3 is 9.80 Å². The maximum absolute atomic E-state index is 13.0. The number of fused-ring (bicyclic) bond motifs is 1. The Morgan fingerprint density at radius 1 is 0.962 bits per heavy atom. The van der Waals surface area contributed by atoms with Gasteiger partial charge in [0.25, 0.3) is 5.91 Å². The van der Waals surface area contributed by atoms with Gasteiger partial charge in [-0.2, -0.15) is 0 Å². The van der Waals surface area contributed by atoms with E-state index >= 15 is 0 Å². The second-order valence-corrected chi connectivity index (χ2v) is 8.73. The number of thiophene rings is 1. The van der Waals surface area contributed by atoms with Gasteiger partial charge in [0, 0.05) is 36.7 Å². The van der Waals surface area contributed by atoms with Crippen molar-refractivity contribution in [2.24, 2.45) is 0 Å². The summed E-state index contributed by atoms with van der Waals surface area (Å²) in [7, 11) is 0. The smallest absolute Gasteiger partial charge is 0.264 e. The highest BCUT2D eigenvalue weighted by Crippen LogP contribution is 2.29. The Hall–Kier alpha value is -1.81. The predicted molar refractivity (Wildman–Crippen MR) is 109 cm³/mol. The van der Waals surface area contributed by atoms with Crippen molar-refractivity contribution >= 4 is 22.9 Å². The zero-order valence-electron chi connectivity index (χ0n) is 15.7. The van der Waals surface area contributed by atoms with Crippen LogP contribution in [0.2, 0.25) is 0 Å². The first kappa shape index (κ1) is 17.6. The van der Waals surface area contributed by atoms with Crippen LogP contribution in [0.1, 0.15) is 51.4 Å². The van der Waals surface area contributed by atoms with Crippen molar-refractivity contribution < 1.29 is 4.79 Å². The molecule has 1 aromatic carbocycles. The molecule has 1 fully saturated rings. The molecule has 0 bridgehead atoms. The molecule has 1 saturated heterocycles. The minimum Gasteiger partial charge on any atom is -0.368 e. The number of nitrogens with zero attached hydrogens (tertiary/aromatic N) is 2. The largest absolute Gasteiger partial charge is 0.368 e. The van der Waals surface area contributed by atoms with E-state index in [0.717, 1.165) is 43.9 Å². The topological polar surface area (TPSA) is 23.6 Å². The molecule has 138 valence electrons. The first-order valence-corrected chi connectivity index (χ1v) is 10.7. The van der Waals surface area contributed by atoms with Crippen LogP contribution >= 0.6 is 11.3 Å². The van der Waals surface area contributed by atoms with Crippen molar-refractivity contribution in [3.8, 4) is 0 Å². The monoisotopic (exact) mass is 368 g/mol. The number of piperazine rings is 1. The zero-order valence-corrected chi connectivity index (χ0v) is 16.5. The SMILES string of the molecule is Cc1cccc(N2CCN(C(=O)c3cc4c(s3)CCCCCC4)CC2)c1. The van der Waals surface area contributed by atoms with Crippen molar-refractivity contribution in [1.82, 2.24) is 4.90 Å². The molecular weight excluding hydrogens is 340 g/mol. The van der Waals surface area contributed by atoms with Gasteiger partial charge in [-0.3, -0.25) is 4.79 Å². The number of carbonyl (C=O) groups is 1. The molecule has 1 amide bonds. The summed E-state index contributed by atoms with van der Waals surface area (Å²) in [5, 5.41) is 0. The van der Waals surface area contributed by atoms with Gasteiger partial charge in [0.15, 0.2) is 0 Å². The van der Waals surface area contributed by atoms with Crippen LogP contribution in [-0.4, -0.2) is 37.0 Å². The number of amides is 1. The fourth-order valence-corrected chi connectivity index (χ4v) is 5.32. The van der Waals surface area contributed by atoms with Crippen LogP contribution in [0.15, 0.2) is 30.3 Å². The fourth-order valence-electron chi connectivity index (χ4n) is 4.10. The van der Waals surface area contributed by atoms with Gasteiger partial charge in [0.2, 0.25) is 0 Å². The lowest BCUT2D eigenvalue weighted by Gasteiger charge is -2.36. The van der Waals surface area contributed by atoms with Gasteiger partial charge in [0.05, 0.1) is 4.88 Å². The minimum atomic E-state index is 0.241. The highest BCUT2D eigenvalue weighted by molar-refractivity contribution is 7.14. The summed E-state index contributed by atoms with van der Waals surface area (Å²) >= 11 is 1.75. The molecule has 4 rings (SSSR count). The maximum Gasteiger partial charge on any atom is 0.264 e. The van der Waals surface area contributed by atoms with E-state index in [1.54, 1.807) is 11.3 Å². The summed E-state index contributed by atoms with van der Waals surface area (Å²) in [6, 6.07) is 10.8. The Bertz CT molecular complexity index is 749. The normalized spacial score (nSPS) is 18.2. The third kappa shape index (κ3) is 3.80. The van der Waals surface area contributed by atoms with E-state index in [1.807, 2.05) is 4.90 Å². The van der Waals surface area contributed by atoms with Gasteiger partial charge >= 0.3 is 0 Å². The van der Waals surface area contributed by atoms with Crippen molar-refractivity contribution in [2.75, 3.05) is 31.1 Å². The number of rotatable bonds is 2. The van der Waals surface area contributed by atoms with E-state index in [2.05, 4.69) is 42.2 Å². The molecule has 0 saturated carbocycles. The first-order chi connectivity index (χ1) is 12.7. The second-order valence-electron chi connectivity index (χ2n) is 7.59. The Balaban J connectivity index is 1.41. The molecule has 26 heavy (non-hydrogen) atoms. The molecule has 2 aliphatic rings. The van der Waals surface area contributed by atoms with Crippen LogP contribution in [0.25, 0.3) is 0 Å². The zero-order chi connectivity index (χ0) is 17.9. The van der Waals surface area contributed by atoms with Crippen LogP contribution in [0.4, 0.5) is 5.69 Å². The van der Waals surface area contributed by atoms with Crippen molar-refractivity contribution in [2.45, 2.75) is 45.4 Å². The summed E-state index contributed by atoms with van der Waals surface area (Å²) < 4.78 is 0. The van der Waals surface area contributed by atoms with E-state index in [-0.39, 0.29) is 5.91 Å². The molecule has 0 unspecified atom stereocenters. The third-order valence-corrected chi connectivity index (χ3v) is 6.87. The molecule has 0 N–H and O–H groups in total. The Morgan fingerprint density at radius 2 is 1.73 bits per heavy atom. The second kappa shape index (κ2) is 7.83. The standard InChI is InChI=1S/C22H28N2OS/c1-17-7-6-9-19(15-17)23-11-13-24(14-12-23)22(25)21-16-18-8-4-2-3-5-10-20(18)26-21/h6-7,9,15-16H,2-5,8,10-14H2,1H3. The molecule has 3 nitrogen and oxygen atoms in total. The quantitative estimate of drug-likeness (QED) is 0.768. The molecule has 2 aromatic rings. The van der Waals surface area contributed by atoms with Gasteiger partial charge in [-0.1, -0.05) is 25.0 Å². The third-order valence-electron chi connectivity index (χ3n) is 5.64. The van der Waals surface area contributed by atoms with E-state index in [9.17, 15) is 4.79 Å². The average molecular weight is 369 g/mol. The average Bonchev–Trinajstić information content (AvgIpc) is 3.03. The van der Waals surface area contributed by atoms with Crippen molar-refractivity contribution in [1.29, 1.82) is 0 Å². The first-order valence-electron chi connectivity index (χ1n) is 9.93. The fraction of sp³-hybridized carbons (Fsp3) is 0.500. The van der Waals surface area contributed by atoms with Gasteiger partial charge in [-0.05, 0) is 61.9 Å². The highest BCUT2D eigenvalue weighted by Gasteiger charge is 2.24. The van der Waals surface area contributed by atoms with E-state index in [1.165, 1.54) is 47.4 Å². The summed E-state index contributed by atoms with van der Waals surface area (Å²) in [6.45, 7) is 5.59. The highest BCUT2D eigenvalue weighted by atomic mass is 32.1. The molecule has 0 radical (unpaired) electrons. The van der Waals surface area contributed by atoms with Crippen LogP contribution < -0.4 is 4.90 Å². The molecule has 2 heterocycles. The summed E-state index contributed by atoms with van der Waals surface area (Å²) in [5.41, 5.74) is 4.00.